The van der Waals surface area contributed by atoms with Gasteiger partial charge in [0.15, 0.2) is 11.7 Å². The van der Waals surface area contributed by atoms with Crippen LogP contribution in [0.15, 0.2) is 42.6 Å². The number of phenolic OH excluding ortho intramolecular Hbond substituents is 1. The maximum Gasteiger partial charge on any atom is 0.279 e. The van der Waals surface area contributed by atoms with Crippen LogP contribution in [0.3, 0.4) is 0 Å². The summed E-state index contributed by atoms with van der Waals surface area (Å²) >= 11 is 5.95. The van der Waals surface area contributed by atoms with E-state index in [2.05, 4.69) is 15.2 Å². The number of nitrogens with zero attached hydrogens (tertiary/aromatic N) is 2. The standard InChI is InChI=1S/C17H19ClN4O2/c18-17-15(2-1-7-19-17)20-16(24)12-21-8-10-22(11-9-21)13-3-5-14(23)6-4-13/h1-7,23H,8-12H2,(H,20,24)/p+1. The Morgan fingerprint density at radius 2 is 1.96 bits per heavy atom. The fourth-order valence-corrected chi connectivity index (χ4v) is 2.99. The molecule has 0 unspecified atom stereocenters. The number of aromatic nitrogens is 1. The van der Waals surface area contributed by atoms with Gasteiger partial charge in [-0.25, -0.2) is 4.98 Å². The van der Waals surface area contributed by atoms with Gasteiger partial charge in [0.05, 0.1) is 31.9 Å². The van der Waals surface area contributed by atoms with Gasteiger partial charge in [-0.05, 0) is 36.4 Å². The van der Waals surface area contributed by atoms with Crippen molar-refractivity contribution in [3.63, 3.8) is 0 Å². The highest BCUT2D eigenvalue weighted by atomic mass is 35.5. The van der Waals surface area contributed by atoms with Crippen molar-refractivity contribution in [1.82, 2.24) is 4.98 Å². The van der Waals surface area contributed by atoms with Gasteiger partial charge in [-0.3, -0.25) is 4.79 Å². The maximum atomic E-state index is 12.2. The number of rotatable bonds is 4. The summed E-state index contributed by atoms with van der Waals surface area (Å²) in [6, 6.07) is 10.7. The molecular weight excluding hydrogens is 328 g/mol. The van der Waals surface area contributed by atoms with Crippen LogP contribution in [0.2, 0.25) is 5.15 Å². The Kier molecular flexibility index (Phi) is 5.17. The summed E-state index contributed by atoms with van der Waals surface area (Å²) in [4.78, 5) is 19.6. The first-order valence-corrected chi connectivity index (χ1v) is 8.27. The Morgan fingerprint density at radius 3 is 2.62 bits per heavy atom. The van der Waals surface area contributed by atoms with Crippen molar-refractivity contribution in [1.29, 1.82) is 0 Å². The van der Waals surface area contributed by atoms with Crippen LogP contribution in [0.4, 0.5) is 11.4 Å². The van der Waals surface area contributed by atoms with Gasteiger partial charge in [-0.2, -0.15) is 0 Å². The summed E-state index contributed by atoms with van der Waals surface area (Å²) in [5, 5.41) is 12.5. The Balaban J connectivity index is 1.49. The molecule has 0 saturated carbocycles. The second-order valence-electron chi connectivity index (χ2n) is 5.82. The van der Waals surface area contributed by atoms with E-state index in [1.807, 2.05) is 12.1 Å². The summed E-state index contributed by atoms with van der Waals surface area (Å²) in [7, 11) is 0. The lowest BCUT2D eigenvalue weighted by atomic mass is 10.2. The van der Waals surface area contributed by atoms with E-state index >= 15 is 0 Å². The second kappa shape index (κ2) is 7.51. The van der Waals surface area contributed by atoms with E-state index in [9.17, 15) is 9.90 Å². The average molecular weight is 348 g/mol. The molecular formula is C17H20ClN4O2+. The molecule has 1 fully saturated rings. The van der Waals surface area contributed by atoms with Gasteiger partial charge >= 0.3 is 0 Å². The van der Waals surface area contributed by atoms with Crippen LogP contribution in [-0.4, -0.2) is 48.7 Å². The molecule has 1 saturated heterocycles. The van der Waals surface area contributed by atoms with Gasteiger partial charge in [0.1, 0.15) is 5.75 Å². The minimum atomic E-state index is -0.0574. The Labute approximate surface area is 145 Å². The van der Waals surface area contributed by atoms with Crippen LogP contribution in [-0.2, 0) is 4.79 Å². The third kappa shape index (κ3) is 4.15. The van der Waals surface area contributed by atoms with Crippen molar-refractivity contribution in [2.24, 2.45) is 0 Å². The lowest BCUT2D eigenvalue weighted by Crippen LogP contribution is -3.15. The number of phenols is 1. The molecule has 0 radical (unpaired) electrons. The smallest absolute Gasteiger partial charge is 0.279 e. The lowest BCUT2D eigenvalue weighted by molar-refractivity contribution is -0.892. The number of benzene rings is 1. The van der Waals surface area contributed by atoms with Crippen molar-refractivity contribution in [3.05, 3.63) is 47.7 Å². The van der Waals surface area contributed by atoms with Crippen LogP contribution < -0.4 is 15.1 Å². The zero-order chi connectivity index (χ0) is 16.9. The molecule has 1 amide bonds. The molecule has 7 heteroatoms. The minimum Gasteiger partial charge on any atom is -0.508 e. The number of hydrogen-bond acceptors (Lipinski definition) is 4. The Morgan fingerprint density at radius 1 is 1.25 bits per heavy atom. The van der Waals surface area contributed by atoms with Crippen molar-refractivity contribution in [3.8, 4) is 5.75 Å². The molecule has 3 rings (SSSR count). The van der Waals surface area contributed by atoms with Gasteiger partial charge in [-0.1, -0.05) is 11.6 Å². The molecule has 0 spiro atoms. The number of quaternary nitrogens is 1. The highest BCUT2D eigenvalue weighted by Gasteiger charge is 2.22. The predicted molar refractivity (Wildman–Crippen MR) is 93.8 cm³/mol. The Bertz CT molecular complexity index is 700. The first-order chi connectivity index (χ1) is 11.6. The molecule has 0 atom stereocenters. The van der Waals surface area contributed by atoms with E-state index in [4.69, 9.17) is 11.6 Å². The number of carbonyl (C=O) groups is 1. The molecule has 2 aromatic rings. The summed E-state index contributed by atoms with van der Waals surface area (Å²) in [6.07, 6.45) is 1.59. The van der Waals surface area contributed by atoms with Crippen molar-refractivity contribution in [2.45, 2.75) is 0 Å². The van der Waals surface area contributed by atoms with Crippen LogP contribution >= 0.6 is 11.6 Å². The molecule has 3 N–H and O–H groups in total. The molecule has 6 nitrogen and oxygen atoms in total. The van der Waals surface area contributed by atoms with E-state index < -0.39 is 0 Å². The number of nitrogens with one attached hydrogen (secondary N) is 2. The maximum absolute atomic E-state index is 12.2. The fourth-order valence-electron chi connectivity index (χ4n) is 2.82. The highest BCUT2D eigenvalue weighted by Crippen LogP contribution is 2.18. The molecule has 1 aromatic carbocycles. The van der Waals surface area contributed by atoms with Gasteiger partial charge in [0, 0.05) is 11.9 Å². The van der Waals surface area contributed by atoms with Crippen molar-refractivity contribution in [2.75, 3.05) is 42.9 Å². The lowest BCUT2D eigenvalue weighted by Gasteiger charge is -2.33. The predicted octanol–water partition coefficient (Wildman–Crippen LogP) is 0.784. The normalized spacial score (nSPS) is 15.3. The number of pyridine rings is 1. The quantitative estimate of drug-likeness (QED) is 0.715. The van der Waals surface area contributed by atoms with Crippen LogP contribution in [0.25, 0.3) is 0 Å². The number of halogens is 1. The van der Waals surface area contributed by atoms with Crippen LogP contribution in [0.5, 0.6) is 5.75 Å². The molecule has 1 aromatic heterocycles. The molecule has 1 aliphatic rings. The SMILES string of the molecule is O=C(C[NH+]1CCN(c2ccc(O)cc2)CC1)Nc1cccnc1Cl. The third-order valence-electron chi connectivity index (χ3n) is 4.13. The van der Waals surface area contributed by atoms with Gasteiger partial charge in [-0.15, -0.1) is 0 Å². The van der Waals surface area contributed by atoms with Gasteiger partial charge in [0.25, 0.3) is 5.91 Å². The summed E-state index contributed by atoms with van der Waals surface area (Å²) in [5.41, 5.74) is 1.64. The molecule has 0 aliphatic carbocycles. The number of amides is 1. The number of piperazine rings is 1. The first kappa shape index (κ1) is 16.5. The largest absolute Gasteiger partial charge is 0.508 e. The van der Waals surface area contributed by atoms with E-state index in [1.165, 1.54) is 4.90 Å². The third-order valence-corrected chi connectivity index (χ3v) is 4.43. The van der Waals surface area contributed by atoms with E-state index in [0.29, 0.717) is 17.4 Å². The Hall–Kier alpha value is -2.31. The summed E-state index contributed by atoms with van der Waals surface area (Å²) in [5.74, 6) is 0.215. The highest BCUT2D eigenvalue weighted by molar-refractivity contribution is 6.32. The summed E-state index contributed by atoms with van der Waals surface area (Å²) in [6.45, 7) is 3.93. The molecule has 0 bridgehead atoms. The van der Waals surface area contributed by atoms with Gasteiger partial charge in [0.2, 0.25) is 0 Å². The number of hydrogen-bond donors (Lipinski definition) is 3. The fraction of sp³-hybridized carbons (Fsp3) is 0.294. The monoisotopic (exact) mass is 347 g/mol. The van der Waals surface area contributed by atoms with E-state index in [-0.39, 0.29) is 11.7 Å². The van der Waals surface area contributed by atoms with Crippen molar-refractivity contribution < 1.29 is 14.8 Å². The molecule has 126 valence electrons. The van der Waals surface area contributed by atoms with E-state index in [1.54, 1.807) is 30.5 Å². The zero-order valence-corrected chi connectivity index (χ0v) is 14.0. The second-order valence-corrected chi connectivity index (χ2v) is 6.18. The number of anilines is 2. The van der Waals surface area contributed by atoms with Crippen LogP contribution in [0, 0.1) is 0 Å². The zero-order valence-electron chi connectivity index (χ0n) is 13.2. The average Bonchev–Trinajstić information content (AvgIpc) is 2.58. The van der Waals surface area contributed by atoms with Crippen LogP contribution in [0.1, 0.15) is 0 Å². The molecule has 24 heavy (non-hydrogen) atoms. The molecule has 2 heterocycles. The van der Waals surface area contributed by atoms with E-state index in [0.717, 1.165) is 31.9 Å². The number of carbonyl (C=O) groups excluding carboxylic acids is 1. The molecule has 1 aliphatic heterocycles. The minimum absolute atomic E-state index is 0.0574. The van der Waals surface area contributed by atoms with Gasteiger partial charge < -0.3 is 20.2 Å². The topological polar surface area (TPSA) is 69.9 Å². The van der Waals surface area contributed by atoms with Crippen molar-refractivity contribution >= 4 is 28.9 Å². The first-order valence-electron chi connectivity index (χ1n) is 7.90. The summed E-state index contributed by atoms with van der Waals surface area (Å²) < 4.78 is 0. The number of aromatic hydroxyl groups is 1.